The molecule has 0 aliphatic carbocycles. The van der Waals surface area contributed by atoms with Gasteiger partial charge in [0, 0.05) is 39.0 Å². The number of nitrogens with two attached hydrogens (primary N) is 1. The molecule has 3 amide bonds. The summed E-state index contributed by atoms with van der Waals surface area (Å²) >= 11 is 0. The molecule has 27 heavy (non-hydrogen) atoms. The predicted molar refractivity (Wildman–Crippen MR) is 104 cm³/mol. The molecule has 0 bridgehead atoms. The molecule has 0 radical (unpaired) electrons. The van der Waals surface area contributed by atoms with Crippen molar-refractivity contribution in [2.24, 2.45) is 11.7 Å². The Morgan fingerprint density at radius 2 is 2.22 bits per heavy atom. The molecule has 1 saturated heterocycles. The number of piperidine rings is 1. The number of urea groups is 1. The first kappa shape index (κ1) is 23.1. The lowest BCUT2D eigenvalue weighted by Crippen LogP contribution is -2.45. The highest BCUT2D eigenvalue weighted by atomic mass is 35.5. The van der Waals surface area contributed by atoms with Gasteiger partial charge in [-0.15, -0.1) is 12.4 Å². The number of carbonyl (C=O) groups excluding carboxylic acids is 2. The third kappa shape index (κ3) is 7.70. The molecule has 1 aromatic rings. The van der Waals surface area contributed by atoms with E-state index in [-0.39, 0.29) is 42.8 Å². The third-order valence-corrected chi connectivity index (χ3v) is 4.50. The summed E-state index contributed by atoms with van der Waals surface area (Å²) in [6.07, 6.45) is 1.84. The summed E-state index contributed by atoms with van der Waals surface area (Å²) < 4.78 is 18.3. The van der Waals surface area contributed by atoms with Crippen LogP contribution in [0.25, 0.3) is 0 Å². The quantitative estimate of drug-likeness (QED) is 0.649. The lowest BCUT2D eigenvalue weighted by Gasteiger charge is -2.33. The summed E-state index contributed by atoms with van der Waals surface area (Å²) in [6.45, 7) is 2.07. The fourth-order valence-electron chi connectivity index (χ4n) is 3.02. The van der Waals surface area contributed by atoms with Crippen LogP contribution in [-0.2, 0) is 9.53 Å². The number of anilines is 1. The third-order valence-electron chi connectivity index (χ3n) is 4.50. The van der Waals surface area contributed by atoms with E-state index < -0.39 is 5.82 Å². The molecule has 7 nitrogen and oxygen atoms in total. The topological polar surface area (TPSA) is 96.7 Å². The van der Waals surface area contributed by atoms with Gasteiger partial charge in [0.25, 0.3) is 0 Å². The first-order chi connectivity index (χ1) is 12.5. The molecular formula is C18H28ClFN4O3. The molecule has 2 atom stereocenters. The molecule has 1 heterocycles. The minimum Gasteiger partial charge on any atom is -0.380 e. The Morgan fingerprint density at radius 1 is 1.44 bits per heavy atom. The molecule has 9 heteroatoms. The Kier molecular flexibility index (Phi) is 10.1. The van der Waals surface area contributed by atoms with Gasteiger partial charge in [0.1, 0.15) is 5.82 Å². The number of benzene rings is 1. The summed E-state index contributed by atoms with van der Waals surface area (Å²) in [5.41, 5.74) is 5.97. The summed E-state index contributed by atoms with van der Waals surface area (Å²) in [5.74, 6) is -0.197. The minimum atomic E-state index is -0.406. The SMILES string of the molecule is COC(CN)CC(=O)N1CCCC(CNC(=O)Nc2cccc(F)c2)C1.Cl. The zero-order valence-corrected chi connectivity index (χ0v) is 16.3. The number of carbonyl (C=O) groups is 2. The number of amides is 3. The largest absolute Gasteiger partial charge is 0.380 e. The van der Waals surface area contributed by atoms with Crippen LogP contribution in [0.15, 0.2) is 24.3 Å². The van der Waals surface area contributed by atoms with E-state index in [2.05, 4.69) is 10.6 Å². The van der Waals surface area contributed by atoms with Crippen LogP contribution < -0.4 is 16.4 Å². The summed E-state index contributed by atoms with van der Waals surface area (Å²) in [5, 5.41) is 5.38. The maximum Gasteiger partial charge on any atom is 0.319 e. The molecule has 1 fully saturated rings. The summed E-state index contributed by atoms with van der Waals surface area (Å²) in [6, 6.07) is 5.33. The van der Waals surface area contributed by atoms with Crippen LogP contribution in [0.4, 0.5) is 14.9 Å². The Morgan fingerprint density at radius 3 is 2.89 bits per heavy atom. The molecule has 152 valence electrons. The lowest BCUT2D eigenvalue weighted by molar-refractivity contribution is -0.135. The standard InChI is InChI=1S/C18H27FN4O3.ClH/c1-26-16(10-20)9-17(24)23-7-3-4-13(12-23)11-21-18(25)22-15-6-2-5-14(19)8-15;/h2,5-6,8,13,16H,3-4,7,9-12,20H2,1H3,(H2,21,22,25);1H. The van der Waals surface area contributed by atoms with Crippen molar-refractivity contribution in [2.45, 2.75) is 25.4 Å². The van der Waals surface area contributed by atoms with Crippen LogP contribution in [0.5, 0.6) is 0 Å². The van der Waals surface area contributed by atoms with Crippen molar-refractivity contribution in [3.8, 4) is 0 Å². The predicted octanol–water partition coefficient (Wildman–Crippen LogP) is 1.97. The highest BCUT2D eigenvalue weighted by Crippen LogP contribution is 2.17. The molecular weight excluding hydrogens is 375 g/mol. The van der Waals surface area contributed by atoms with E-state index >= 15 is 0 Å². The molecule has 1 aliphatic rings. The zero-order chi connectivity index (χ0) is 18.9. The Bertz CT molecular complexity index is 616. The van der Waals surface area contributed by atoms with Crippen LogP contribution in [0.1, 0.15) is 19.3 Å². The maximum absolute atomic E-state index is 13.1. The number of likely N-dealkylation sites (tertiary alicyclic amines) is 1. The molecule has 1 aliphatic heterocycles. The number of halogens is 2. The average molecular weight is 403 g/mol. The first-order valence-corrected chi connectivity index (χ1v) is 8.83. The molecule has 0 aromatic heterocycles. The van der Waals surface area contributed by atoms with Gasteiger partial charge in [-0.3, -0.25) is 4.79 Å². The van der Waals surface area contributed by atoms with Crippen molar-refractivity contribution in [1.29, 1.82) is 0 Å². The van der Waals surface area contributed by atoms with E-state index in [1.807, 2.05) is 4.90 Å². The average Bonchev–Trinajstić information content (AvgIpc) is 2.64. The van der Waals surface area contributed by atoms with Gasteiger partial charge >= 0.3 is 6.03 Å². The van der Waals surface area contributed by atoms with Crippen LogP contribution in [0.3, 0.4) is 0 Å². The van der Waals surface area contributed by atoms with E-state index in [0.717, 1.165) is 12.8 Å². The van der Waals surface area contributed by atoms with Gasteiger partial charge in [0.15, 0.2) is 0 Å². The monoisotopic (exact) mass is 402 g/mol. The smallest absolute Gasteiger partial charge is 0.319 e. The summed E-state index contributed by atoms with van der Waals surface area (Å²) in [4.78, 5) is 26.1. The number of hydrogen-bond acceptors (Lipinski definition) is 4. The number of ether oxygens (including phenoxy) is 1. The van der Waals surface area contributed by atoms with Crippen LogP contribution in [0.2, 0.25) is 0 Å². The highest BCUT2D eigenvalue weighted by Gasteiger charge is 2.25. The van der Waals surface area contributed by atoms with Crippen molar-refractivity contribution >= 4 is 30.0 Å². The van der Waals surface area contributed by atoms with E-state index in [1.54, 1.807) is 13.2 Å². The molecule has 1 aromatic carbocycles. The Hall–Kier alpha value is -1.90. The number of nitrogens with zero attached hydrogens (tertiary/aromatic N) is 1. The van der Waals surface area contributed by atoms with Crippen molar-refractivity contribution in [1.82, 2.24) is 10.2 Å². The van der Waals surface area contributed by atoms with Crippen LogP contribution in [-0.4, -0.2) is 56.2 Å². The fourth-order valence-corrected chi connectivity index (χ4v) is 3.02. The van der Waals surface area contributed by atoms with Crippen molar-refractivity contribution in [3.05, 3.63) is 30.1 Å². The van der Waals surface area contributed by atoms with E-state index in [0.29, 0.717) is 31.9 Å². The lowest BCUT2D eigenvalue weighted by atomic mass is 9.97. The van der Waals surface area contributed by atoms with Gasteiger partial charge in [0.2, 0.25) is 5.91 Å². The van der Waals surface area contributed by atoms with Gasteiger partial charge in [0.05, 0.1) is 12.5 Å². The molecule has 4 N–H and O–H groups in total. The maximum atomic E-state index is 13.1. The minimum absolute atomic E-state index is 0. The Labute approximate surface area is 165 Å². The van der Waals surface area contributed by atoms with Gasteiger partial charge in [-0.05, 0) is 37.0 Å². The second kappa shape index (κ2) is 11.7. The molecule has 0 spiro atoms. The molecule has 2 rings (SSSR count). The normalized spacial score (nSPS) is 17.6. The molecule has 2 unspecified atom stereocenters. The van der Waals surface area contributed by atoms with Crippen LogP contribution in [0, 0.1) is 11.7 Å². The number of nitrogens with one attached hydrogen (secondary N) is 2. The van der Waals surface area contributed by atoms with Crippen molar-refractivity contribution in [2.75, 3.05) is 38.6 Å². The zero-order valence-electron chi connectivity index (χ0n) is 15.4. The summed E-state index contributed by atoms with van der Waals surface area (Å²) in [7, 11) is 1.55. The second-order valence-electron chi connectivity index (χ2n) is 6.49. The van der Waals surface area contributed by atoms with Crippen molar-refractivity contribution in [3.63, 3.8) is 0 Å². The number of hydrogen-bond donors (Lipinski definition) is 3. The van der Waals surface area contributed by atoms with Gasteiger partial charge in [-0.25, -0.2) is 9.18 Å². The highest BCUT2D eigenvalue weighted by molar-refractivity contribution is 5.89. The van der Waals surface area contributed by atoms with E-state index in [9.17, 15) is 14.0 Å². The fraction of sp³-hybridized carbons (Fsp3) is 0.556. The molecule has 0 saturated carbocycles. The van der Waals surface area contributed by atoms with E-state index in [1.165, 1.54) is 18.2 Å². The van der Waals surface area contributed by atoms with E-state index in [4.69, 9.17) is 10.5 Å². The van der Waals surface area contributed by atoms with Gasteiger partial charge in [-0.2, -0.15) is 0 Å². The van der Waals surface area contributed by atoms with Gasteiger partial charge in [-0.1, -0.05) is 6.07 Å². The Balaban J connectivity index is 0.00000364. The van der Waals surface area contributed by atoms with Crippen molar-refractivity contribution < 1.29 is 18.7 Å². The number of methoxy groups -OCH3 is 1. The van der Waals surface area contributed by atoms with Gasteiger partial charge < -0.3 is 26.0 Å². The second-order valence-corrected chi connectivity index (χ2v) is 6.49. The first-order valence-electron chi connectivity index (χ1n) is 8.83. The number of rotatable bonds is 7. The van der Waals surface area contributed by atoms with Crippen LogP contribution >= 0.6 is 12.4 Å².